The first-order chi connectivity index (χ1) is 13.9. The smallest absolute Gasteiger partial charge is 0.313 e. The second-order valence-electron chi connectivity index (χ2n) is 6.34. The monoisotopic (exact) mass is 411 g/mol. The maximum absolute atomic E-state index is 12.9. The summed E-state index contributed by atoms with van der Waals surface area (Å²) in [7, 11) is -4.01. The van der Waals surface area contributed by atoms with Gasteiger partial charge >= 0.3 is 5.97 Å². The number of nitrogens with zero attached hydrogens (tertiary/aromatic N) is 2. The minimum atomic E-state index is -4.01. The Morgan fingerprint density at radius 1 is 1.03 bits per heavy atom. The molecule has 3 aromatic rings. The van der Waals surface area contributed by atoms with Gasteiger partial charge in [-0.1, -0.05) is 43.3 Å². The molecule has 0 amide bonds. The Kier molecular flexibility index (Phi) is 6.23. The zero-order valence-corrected chi connectivity index (χ0v) is 16.7. The Bertz CT molecular complexity index is 1090. The number of pyridine rings is 2. The lowest BCUT2D eigenvalue weighted by Gasteiger charge is -2.18. The molecule has 0 aliphatic rings. The largest absolute Gasteiger partial charge is 0.460 e. The Labute approximate surface area is 169 Å². The van der Waals surface area contributed by atoms with Gasteiger partial charge in [0.15, 0.2) is 10.1 Å². The average molecular weight is 411 g/mol. The van der Waals surface area contributed by atoms with E-state index in [1.165, 1.54) is 18.5 Å². The molecule has 8 heteroatoms. The number of anilines is 1. The van der Waals surface area contributed by atoms with E-state index < -0.39 is 21.7 Å². The molecule has 1 aromatic carbocycles. The van der Waals surface area contributed by atoms with Gasteiger partial charge in [0.2, 0.25) is 9.84 Å². The minimum absolute atomic E-state index is 0.0679. The van der Waals surface area contributed by atoms with Crippen LogP contribution in [0.15, 0.2) is 77.0 Å². The second kappa shape index (κ2) is 8.83. The van der Waals surface area contributed by atoms with Gasteiger partial charge in [-0.3, -0.25) is 4.79 Å². The summed E-state index contributed by atoms with van der Waals surface area (Å²) < 4.78 is 31.2. The molecular formula is C21H21N3O4S. The predicted molar refractivity (Wildman–Crippen MR) is 108 cm³/mol. The van der Waals surface area contributed by atoms with Crippen LogP contribution in [0.3, 0.4) is 0 Å². The van der Waals surface area contributed by atoms with Crippen molar-refractivity contribution in [3.05, 3.63) is 78.1 Å². The summed E-state index contributed by atoms with van der Waals surface area (Å²) in [5.41, 5.74) is 7.31. The summed E-state index contributed by atoms with van der Waals surface area (Å²) in [6, 6.07) is 15.4. The van der Waals surface area contributed by atoms with Gasteiger partial charge in [-0.15, -0.1) is 0 Å². The van der Waals surface area contributed by atoms with Crippen LogP contribution in [0.4, 0.5) is 5.69 Å². The van der Waals surface area contributed by atoms with Crippen LogP contribution in [0.25, 0.3) is 0 Å². The normalized spacial score (nSPS) is 12.3. The Hall–Kier alpha value is -3.26. The van der Waals surface area contributed by atoms with E-state index in [0.29, 0.717) is 12.0 Å². The second-order valence-corrected chi connectivity index (χ2v) is 8.16. The number of hydrogen-bond donors (Lipinski definition) is 1. The standard InChI is InChI=1S/C21H21N3O4S/c1-2-16(21(25)28-14-15-8-4-3-5-9-15)17-11-13-24-20(19(17)22)29(26,27)18-10-6-7-12-23-18/h3-13,16H,2,14,22H2,1H3. The van der Waals surface area contributed by atoms with Crippen molar-refractivity contribution in [3.8, 4) is 0 Å². The predicted octanol–water partition coefficient (Wildman–Crippen LogP) is 3.13. The fourth-order valence-electron chi connectivity index (χ4n) is 2.93. The van der Waals surface area contributed by atoms with E-state index in [1.807, 2.05) is 30.3 Å². The number of carbonyl (C=O) groups is 1. The maximum Gasteiger partial charge on any atom is 0.313 e. The number of rotatable bonds is 7. The van der Waals surface area contributed by atoms with Crippen LogP contribution in [0, 0.1) is 0 Å². The van der Waals surface area contributed by atoms with Crippen LogP contribution < -0.4 is 5.73 Å². The Morgan fingerprint density at radius 2 is 1.76 bits per heavy atom. The lowest BCUT2D eigenvalue weighted by atomic mass is 9.96. The van der Waals surface area contributed by atoms with Crippen LogP contribution in [0.1, 0.15) is 30.4 Å². The minimum Gasteiger partial charge on any atom is -0.460 e. The Morgan fingerprint density at radius 3 is 2.41 bits per heavy atom. The Balaban J connectivity index is 1.89. The zero-order chi connectivity index (χ0) is 20.9. The fourth-order valence-corrected chi connectivity index (χ4v) is 4.20. The molecule has 0 bridgehead atoms. The summed E-state index contributed by atoms with van der Waals surface area (Å²) in [5.74, 6) is -1.19. The topological polar surface area (TPSA) is 112 Å². The van der Waals surface area contributed by atoms with Gasteiger partial charge in [0.05, 0.1) is 11.6 Å². The van der Waals surface area contributed by atoms with E-state index in [4.69, 9.17) is 10.5 Å². The maximum atomic E-state index is 12.9. The van der Waals surface area contributed by atoms with Crippen molar-refractivity contribution in [1.82, 2.24) is 9.97 Å². The summed E-state index contributed by atoms with van der Waals surface area (Å²) in [5, 5.41) is -0.473. The number of esters is 1. The highest BCUT2D eigenvalue weighted by molar-refractivity contribution is 7.91. The van der Waals surface area contributed by atoms with Crippen molar-refractivity contribution in [2.45, 2.75) is 35.9 Å². The highest BCUT2D eigenvalue weighted by Gasteiger charge is 2.29. The molecule has 0 radical (unpaired) electrons. The number of nitrogens with two attached hydrogens (primary N) is 1. The fraction of sp³-hybridized carbons (Fsp3) is 0.190. The molecule has 2 N–H and O–H groups in total. The van der Waals surface area contributed by atoms with Crippen LogP contribution >= 0.6 is 0 Å². The first kappa shape index (κ1) is 20.5. The van der Waals surface area contributed by atoms with E-state index in [1.54, 1.807) is 25.1 Å². The summed E-state index contributed by atoms with van der Waals surface area (Å²) in [6.45, 7) is 1.93. The molecule has 0 fully saturated rings. The van der Waals surface area contributed by atoms with E-state index in [0.717, 1.165) is 5.56 Å². The van der Waals surface area contributed by atoms with E-state index in [2.05, 4.69) is 9.97 Å². The van der Waals surface area contributed by atoms with Crippen LogP contribution in [0.5, 0.6) is 0 Å². The molecule has 29 heavy (non-hydrogen) atoms. The van der Waals surface area contributed by atoms with Crippen molar-refractivity contribution < 1.29 is 17.9 Å². The van der Waals surface area contributed by atoms with Crippen LogP contribution in [0.2, 0.25) is 0 Å². The molecule has 7 nitrogen and oxygen atoms in total. The molecule has 150 valence electrons. The summed E-state index contributed by atoms with van der Waals surface area (Å²) >= 11 is 0. The van der Waals surface area contributed by atoms with Gasteiger partial charge in [-0.05, 0) is 35.7 Å². The first-order valence-electron chi connectivity index (χ1n) is 9.06. The van der Waals surface area contributed by atoms with Gasteiger partial charge in [0.1, 0.15) is 6.61 Å². The number of ether oxygens (including phenoxy) is 1. The van der Waals surface area contributed by atoms with E-state index in [-0.39, 0.29) is 22.3 Å². The number of benzene rings is 1. The average Bonchev–Trinajstić information content (AvgIpc) is 2.75. The SMILES string of the molecule is CCC(C(=O)OCc1ccccc1)c1ccnc(S(=O)(=O)c2ccccn2)c1N. The molecule has 1 atom stereocenters. The van der Waals surface area contributed by atoms with Gasteiger partial charge < -0.3 is 10.5 Å². The lowest BCUT2D eigenvalue weighted by Crippen LogP contribution is -2.19. The molecule has 2 aromatic heterocycles. The highest BCUT2D eigenvalue weighted by Crippen LogP contribution is 2.32. The zero-order valence-electron chi connectivity index (χ0n) is 15.9. The molecule has 0 aliphatic heterocycles. The number of hydrogen-bond acceptors (Lipinski definition) is 7. The van der Waals surface area contributed by atoms with Crippen LogP contribution in [-0.2, 0) is 26.0 Å². The van der Waals surface area contributed by atoms with Gasteiger partial charge in [0, 0.05) is 12.4 Å². The van der Waals surface area contributed by atoms with E-state index in [9.17, 15) is 13.2 Å². The van der Waals surface area contributed by atoms with Crippen molar-refractivity contribution in [3.63, 3.8) is 0 Å². The molecular weight excluding hydrogens is 390 g/mol. The third-order valence-electron chi connectivity index (χ3n) is 4.45. The molecule has 0 saturated heterocycles. The van der Waals surface area contributed by atoms with Gasteiger partial charge in [-0.25, -0.2) is 18.4 Å². The quantitative estimate of drug-likeness (QED) is 0.594. The molecule has 1 unspecified atom stereocenters. The molecule has 2 heterocycles. The molecule has 3 rings (SSSR count). The molecule has 0 saturated carbocycles. The lowest BCUT2D eigenvalue weighted by molar-refractivity contribution is -0.146. The van der Waals surface area contributed by atoms with Crippen LogP contribution in [-0.4, -0.2) is 24.4 Å². The summed E-state index contributed by atoms with van der Waals surface area (Å²) in [4.78, 5) is 20.5. The first-order valence-corrected chi connectivity index (χ1v) is 10.5. The third kappa shape index (κ3) is 4.43. The molecule has 0 spiro atoms. The van der Waals surface area contributed by atoms with Crippen molar-refractivity contribution in [2.75, 3.05) is 5.73 Å². The van der Waals surface area contributed by atoms with Crippen molar-refractivity contribution >= 4 is 21.5 Å². The van der Waals surface area contributed by atoms with Crippen molar-refractivity contribution in [1.29, 1.82) is 0 Å². The number of sulfone groups is 1. The number of nitrogen functional groups attached to an aromatic ring is 1. The van der Waals surface area contributed by atoms with Gasteiger partial charge in [-0.2, -0.15) is 0 Å². The summed E-state index contributed by atoms with van der Waals surface area (Å²) in [6.07, 6.45) is 3.10. The number of aromatic nitrogens is 2. The van der Waals surface area contributed by atoms with E-state index >= 15 is 0 Å². The number of carbonyl (C=O) groups excluding carboxylic acids is 1. The third-order valence-corrected chi connectivity index (χ3v) is 6.07. The van der Waals surface area contributed by atoms with Gasteiger partial charge in [0.25, 0.3) is 0 Å². The molecule has 0 aliphatic carbocycles. The van der Waals surface area contributed by atoms with Crippen molar-refractivity contribution in [2.24, 2.45) is 0 Å². The highest BCUT2D eigenvalue weighted by atomic mass is 32.2.